The maximum atomic E-state index is 6.09. The van der Waals surface area contributed by atoms with Crippen LogP contribution in [-0.2, 0) is 6.42 Å². The summed E-state index contributed by atoms with van der Waals surface area (Å²) in [6, 6.07) is 12.4. The third-order valence-corrected chi connectivity index (χ3v) is 4.17. The maximum Gasteiger partial charge on any atom is 0.0406 e. The summed E-state index contributed by atoms with van der Waals surface area (Å²) in [6.45, 7) is 2.07. The predicted octanol–water partition coefficient (Wildman–Crippen LogP) is 4.08. The van der Waals surface area contributed by atoms with E-state index in [9.17, 15) is 0 Å². The van der Waals surface area contributed by atoms with Crippen molar-refractivity contribution in [2.24, 2.45) is 5.73 Å². The summed E-state index contributed by atoms with van der Waals surface area (Å²) in [5.41, 5.74) is 7.37. The zero-order chi connectivity index (χ0) is 12.3. The topological polar surface area (TPSA) is 26.0 Å². The summed E-state index contributed by atoms with van der Waals surface area (Å²) in [5.74, 6) is 0.385. The lowest BCUT2D eigenvalue weighted by molar-refractivity contribution is 0.573. The molecule has 17 heavy (non-hydrogen) atoms. The molecule has 0 radical (unpaired) electrons. The van der Waals surface area contributed by atoms with Gasteiger partial charge in [-0.15, -0.1) is 11.3 Å². The molecule has 0 aliphatic rings. The van der Waals surface area contributed by atoms with E-state index >= 15 is 0 Å². The van der Waals surface area contributed by atoms with Gasteiger partial charge in [0, 0.05) is 21.9 Å². The monoisotopic (exact) mass is 265 g/mol. The summed E-state index contributed by atoms with van der Waals surface area (Å²) in [6.07, 6.45) is 0.968. The van der Waals surface area contributed by atoms with Gasteiger partial charge >= 0.3 is 0 Å². The molecule has 2 N–H and O–H groups in total. The van der Waals surface area contributed by atoms with Gasteiger partial charge < -0.3 is 5.73 Å². The van der Waals surface area contributed by atoms with Gasteiger partial charge in [0.05, 0.1) is 0 Å². The Morgan fingerprint density at radius 3 is 2.47 bits per heavy atom. The van der Waals surface area contributed by atoms with Gasteiger partial charge in [-0.1, -0.05) is 29.8 Å². The largest absolute Gasteiger partial charge is 0.327 e. The van der Waals surface area contributed by atoms with E-state index in [4.69, 9.17) is 17.3 Å². The lowest BCUT2D eigenvalue weighted by atomic mass is 9.92. The van der Waals surface area contributed by atoms with Crippen LogP contribution in [0.5, 0.6) is 0 Å². The fourth-order valence-corrected chi connectivity index (χ4v) is 2.99. The molecule has 0 bridgehead atoms. The number of halogens is 1. The molecule has 1 nitrogen and oxygen atoms in total. The van der Waals surface area contributed by atoms with Gasteiger partial charge in [0.2, 0.25) is 0 Å². The van der Waals surface area contributed by atoms with E-state index in [1.807, 2.05) is 12.1 Å². The van der Waals surface area contributed by atoms with Crippen LogP contribution in [0.15, 0.2) is 41.8 Å². The molecule has 1 heterocycles. The average molecular weight is 266 g/mol. The van der Waals surface area contributed by atoms with Crippen molar-refractivity contribution in [3.8, 4) is 0 Å². The van der Waals surface area contributed by atoms with Crippen LogP contribution < -0.4 is 5.73 Å². The first-order chi connectivity index (χ1) is 8.16. The van der Waals surface area contributed by atoms with Crippen LogP contribution in [0.2, 0.25) is 5.02 Å². The smallest absolute Gasteiger partial charge is 0.0406 e. The second-order valence-corrected chi connectivity index (χ2v) is 5.73. The summed E-state index contributed by atoms with van der Waals surface area (Å²) < 4.78 is 0. The molecule has 1 aromatic heterocycles. The van der Waals surface area contributed by atoms with Crippen molar-refractivity contribution in [3.63, 3.8) is 0 Å². The molecule has 0 saturated heterocycles. The van der Waals surface area contributed by atoms with Crippen molar-refractivity contribution >= 4 is 22.9 Å². The first-order valence-electron chi connectivity index (χ1n) is 5.70. The second-order valence-electron chi connectivity index (χ2n) is 4.31. The zero-order valence-corrected chi connectivity index (χ0v) is 11.3. The average Bonchev–Trinajstić information content (AvgIpc) is 2.81. The Bertz CT molecular complexity index is 448. The first-order valence-corrected chi connectivity index (χ1v) is 6.96. The predicted molar refractivity (Wildman–Crippen MR) is 75.9 cm³/mol. The minimum atomic E-state index is 0.157. The number of thiophene rings is 1. The highest BCUT2D eigenvalue weighted by atomic mass is 35.5. The Kier molecular flexibility index (Phi) is 4.21. The lowest BCUT2D eigenvalue weighted by Crippen LogP contribution is -2.25. The number of benzene rings is 1. The van der Waals surface area contributed by atoms with Crippen LogP contribution >= 0.6 is 22.9 Å². The van der Waals surface area contributed by atoms with Crippen LogP contribution in [0.4, 0.5) is 0 Å². The highest BCUT2D eigenvalue weighted by molar-refractivity contribution is 7.10. The molecule has 0 fully saturated rings. The van der Waals surface area contributed by atoms with E-state index in [1.165, 1.54) is 10.4 Å². The van der Waals surface area contributed by atoms with E-state index < -0.39 is 0 Å². The van der Waals surface area contributed by atoms with Gasteiger partial charge in [-0.3, -0.25) is 0 Å². The van der Waals surface area contributed by atoms with Crippen molar-refractivity contribution in [1.29, 1.82) is 0 Å². The summed E-state index contributed by atoms with van der Waals surface area (Å²) in [4.78, 5) is 1.36. The Balaban J connectivity index is 2.16. The van der Waals surface area contributed by atoms with E-state index in [0.717, 1.165) is 11.4 Å². The van der Waals surface area contributed by atoms with Crippen molar-refractivity contribution in [3.05, 3.63) is 57.2 Å². The molecule has 3 heteroatoms. The summed E-state index contributed by atoms with van der Waals surface area (Å²) >= 11 is 7.66. The van der Waals surface area contributed by atoms with Crippen LogP contribution in [0.25, 0.3) is 0 Å². The Hall–Kier alpha value is -0.830. The van der Waals surface area contributed by atoms with Crippen LogP contribution in [0, 0.1) is 0 Å². The molecule has 90 valence electrons. The molecule has 0 aliphatic carbocycles. The maximum absolute atomic E-state index is 6.09. The fraction of sp³-hybridized carbons (Fsp3) is 0.286. The van der Waals surface area contributed by atoms with Gasteiger partial charge in [-0.05, 0) is 42.5 Å². The molecular formula is C14H16ClNS. The van der Waals surface area contributed by atoms with Crippen LogP contribution in [-0.4, -0.2) is 6.04 Å². The fourth-order valence-electron chi connectivity index (χ4n) is 1.92. The highest BCUT2D eigenvalue weighted by Gasteiger charge is 2.17. The zero-order valence-electron chi connectivity index (χ0n) is 9.77. The van der Waals surface area contributed by atoms with Crippen LogP contribution in [0.3, 0.4) is 0 Å². The van der Waals surface area contributed by atoms with Gasteiger partial charge in [0.1, 0.15) is 0 Å². The van der Waals surface area contributed by atoms with Crippen molar-refractivity contribution < 1.29 is 0 Å². The van der Waals surface area contributed by atoms with Crippen molar-refractivity contribution in [2.75, 3.05) is 0 Å². The minimum absolute atomic E-state index is 0.157. The second kappa shape index (κ2) is 5.67. The molecule has 2 aromatic rings. The standard InChI is InChI=1S/C14H16ClNS/c1-10(16)13(14-3-2-8-17-14)9-11-4-6-12(15)7-5-11/h2-8,10,13H,9,16H2,1H3/t10-,13-/m0/s1. The SMILES string of the molecule is C[C@H](N)[C@H](Cc1ccc(Cl)cc1)c1cccs1. The first kappa shape index (κ1) is 12.6. The van der Waals surface area contributed by atoms with Crippen molar-refractivity contribution in [2.45, 2.75) is 25.3 Å². The molecule has 0 aliphatic heterocycles. The summed E-state index contributed by atoms with van der Waals surface area (Å²) in [5, 5.41) is 2.88. The Morgan fingerprint density at radius 1 is 1.24 bits per heavy atom. The summed E-state index contributed by atoms with van der Waals surface area (Å²) in [7, 11) is 0. The van der Waals surface area contributed by atoms with Gasteiger partial charge in [-0.2, -0.15) is 0 Å². The van der Waals surface area contributed by atoms with E-state index in [2.05, 4.69) is 36.6 Å². The molecule has 1 aromatic carbocycles. The van der Waals surface area contributed by atoms with E-state index in [0.29, 0.717) is 5.92 Å². The Labute approximate surface area is 111 Å². The molecular weight excluding hydrogens is 250 g/mol. The van der Waals surface area contributed by atoms with Crippen molar-refractivity contribution in [1.82, 2.24) is 0 Å². The number of hydrogen-bond acceptors (Lipinski definition) is 2. The van der Waals surface area contributed by atoms with Gasteiger partial charge in [0.15, 0.2) is 0 Å². The number of nitrogens with two attached hydrogens (primary N) is 1. The Morgan fingerprint density at radius 2 is 1.94 bits per heavy atom. The molecule has 0 unspecified atom stereocenters. The van der Waals surface area contributed by atoms with Crippen LogP contribution in [0.1, 0.15) is 23.3 Å². The minimum Gasteiger partial charge on any atom is -0.327 e. The van der Waals surface area contributed by atoms with E-state index in [-0.39, 0.29) is 6.04 Å². The molecule has 2 rings (SSSR count). The van der Waals surface area contributed by atoms with E-state index in [1.54, 1.807) is 11.3 Å². The molecule has 0 spiro atoms. The van der Waals surface area contributed by atoms with Gasteiger partial charge in [-0.25, -0.2) is 0 Å². The molecule has 2 atom stereocenters. The third kappa shape index (κ3) is 3.32. The molecule has 0 saturated carbocycles. The number of rotatable bonds is 4. The lowest BCUT2D eigenvalue weighted by Gasteiger charge is -2.19. The van der Waals surface area contributed by atoms with Gasteiger partial charge in [0.25, 0.3) is 0 Å². The quantitative estimate of drug-likeness (QED) is 0.886. The molecule has 0 amide bonds. The normalized spacial score (nSPS) is 14.5. The third-order valence-electron chi connectivity index (χ3n) is 2.91. The highest BCUT2D eigenvalue weighted by Crippen LogP contribution is 2.27. The number of hydrogen-bond donors (Lipinski definition) is 1.